The molecule has 0 bridgehead atoms. The third-order valence-corrected chi connectivity index (χ3v) is 4.51. The van der Waals surface area contributed by atoms with Gasteiger partial charge >= 0.3 is 0 Å². The Kier molecular flexibility index (Phi) is 4.51. The molecule has 0 saturated carbocycles. The van der Waals surface area contributed by atoms with Crippen molar-refractivity contribution in [1.29, 1.82) is 0 Å². The van der Waals surface area contributed by atoms with E-state index >= 15 is 0 Å². The smallest absolute Gasteiger partial charge is 0.138 e. The lowest BCUT2D eigenvalue weighted by molar-refractivity contribution is 0.365. The first-order valence-electron chi connectivity index (χ1n) is 6.33. The minimum atomic E-state index is 0.361. The Morgan fingerprint density at radius 3 is 2.61 bits per heavy atom. The summed E-state index contributed by atoms with van der Waals surface area (Å²) in [5.41, 5.74) is 2.26. The molecule has 1 aromatic carbocycles. The molecule has 1 atom stereocenters. The molecule has 1 heterocycles. The molecule has 1 saturated heterocycles. The van der Waals surface area contributed by atoms with Crippen LogP contribution in [-0.2, 0) is 0 Å². The average Bonchev–Trinajstić information content (AvgIpc) is 2.42. The van der Waals surface area contributed by atoms with Crippen molar-refractivity contribution in [2.75, 3.05) is 20.8 Å². The van der Waals surface area contributed by atoms with E-state index in [0.717, 1.165) is 34.5 Å². The third-order valence-electron chi connectivity index (χ3n) is 3.56. The molecule has 3 nitrogen and oxygen atoms in total. The summed E-state index contributed by atoms with van der Waals surface area (Å²) in [5.74, 6) is 1.83. The van der Waals surface area contributed by atoms with Crippen LogP contribution in [0.25, 0.3) is 0 Å². The van der Waals surface area contributed by atoms with Gasteiger partial charge in [-0.3, -0.25) is 0 Å². The fourth-order valence-corrected chi connectivity index (χ4v) is 3.10. The lowest BCUT2D eigenvalue weighted by Crippen LogP contribution is -2.27. The van der Waals surface area contributed by atoms with E-state index in [4.69, 9.17) is 9.47 Å². The molecule has 0 aliphatic carbocycles. The first kappa shape index (κ1) is 13.7. The standard InChI is InChI=1S/C14H20BrNO2/c1-9-12(17-2)8-10(14(18-3)13(9)15)11-6-4-5-7-16-11/h8,11,16H,4-7H2,1-3H3. The molecule has 100 valence electrons. The van der Waals surface area contributed by atoms with Crippen LogP contribution in [-0.4, -0.2) is 20.8 Å². The van der Waals surface area contributed by atoms with E-state index in [2.05, 4.69) is 27.3 Å². The van der Waals surface area contributed by atoms with Crippen LogP contribution in [0, 0.1) is 6.92 Å². The summed E-state index contributed by atoms with van der Waals surface area (Å²) in [6.07, 6.45) is 3.66. The number of nitrogens with one attached hydrogen (secondary N) is 1. The van der Waals surface area contributed by atoms with E-state index in [1.54, 1.807) is 14.2 Å². The first-order chi connectivity index (χ1) is 8.69. The lowest BCUT2D eigenvalue weighted by atomic mass is 9.95. The molecule has 1 unspecified atom stereocenters. The molecule has 0 aromatic heterocycles. The summed E-state index contributed by atoms with van der Waals surface area (Å²) in [4.78, 5) is 0. The summed E-state index contributed by atoms with van der Waals surface area (Å²) >= 11 is 3.62. The van der Waals surface area contributed by atoms with E-state index in [1.165, 1.54) is 18.4 Å². The van der Waals surface area contributed by atoms with Gasteiger partial charge in [-0.1, -0.05) is 6.42 Å². The van der Waals surface area contributed by atoms with E-state index in [9.17, 15) is 0 Å². The Balaban J connectivity index is 2.46. The Morgan fingerprint density at radius 2 is 2.06 bits per heavy atom. The highest BCUT2D eigenvalue weighted by atomic mass is 79.9. The Morgan fingerprint density at radius 1 is 1.28 bits per heavy atom. The Labute approximate surface area is 117 Å². The zero-order chi connectivity index (χ0) is 13.1. The predicted molar refractivity (Wildman–Crippen MR) is 76.6 cm³/mol. The number of hydrogen-bond donors (Lipinski definition) is 1. The van der Waals surface area contributed by atoms with Gasteiger partial charge in [-0.15, -0.1) is 0 Å². The molecule has 1 fully saturated rings. The second kappa shape index (κ2) is 5.93. The molecule has 0 amide bonds. The van der Waals surface area contributed by atoms with Gasteiger partial charge in [0.1, 0.15) is 11.5 Å². The highest BCUT2D eigenvalue weighted by molar-refractivity contribution is 9.10. The maximum absolute atomic E-state index is 5.57. The van der Waals surface area contributed by atoms with Crippen LogP contribution in [0.1, 0.15) is 36.4 Å². The number of hydrogen-bond acceptors (Lipinski definition) is 3. The van der Waals surface area contributed by atoms with Gasteiger partial charge in [0, 0.05) is 17.2 Å². The number of piperidine rings is 1. The molecule has 4 heteroatoms. The molecule has 1 aliphatic heterocycles. The van der Waals surface area contributed by atoms with Crippen molar-refractivity contribution >= 4 is 15.9 Å². The normalized spacial score (nSPS) is 19.7. The van der Waals surface area contributed by atoms with Gasteiger partial charge in [-0.2, -0.15) is 0 Å². The fourth-order valence-electron chi connectivity index (χ4n) is 2.52. The summed E-state index contributed by atoms with van der Waals surface area (Å²) < 4.78 is 12.0. The maximum atomic E-state index is 5.57. The number of benzene rings is 1. The quantitative estimate of drug-likeness (QED) is 0.925. The van der Waals surface area contributed by atoms with Crippen LogP contribution in [0.3, 0.4) is 0 Å². The number of rotatable bonds is 3. The predicted octanol–water partition coefficient (Wildman–Crippen LogP) is 3.59. The second-order valence-corrected chi connectivity index (χ2v) is 5.44. The van der Waals surface area contributed by atoms with Crippen molar-refractivity contribution in [2.45, 2.75) is 32.2 Å². The lowest BCUT2D eigenvalue weighted by Gasteiger charge is -2.27. The maximum Gasteiger partial charge on any atom is 0.138 e. The molecule has 1 aliphatic rings. The van der Waals surface area contributed by atoms with Crippen molar-refractivity contribution in [3.8, 4) is 11.5 Å². The Hall–Kier alpha value is -0.740. The van der Waals surface area contributed by atoms with Gasteiger partial charge in [0.05, 0.1) is 18.7 Å². The van der Waals surface area contributed by atoms with Crippen molar-refractivity contribution in [2.24, 2.45) is 0 Å². The second-order valence-electron chi connectivity index (χ2n) is 4.64. The van der Waals surface area contributed by atoms with E-state index < -0.39 is 0 Å². The minimum absolute atomic E-state index is 0.361. The van der Waals surface area contributed by atoms with Gasteiger partial charge < -0.3 is 14.8 Å². The average molecular weight is 314 g/mol. The van der Waals surface area contributed by atoms with Gasteiger partial charge in [-0.05, 0) is 48.3 Å². The van der Waals surface area contributed by atoms with E-state index in [0.29, 0.717) is 6.04 Å². The highest BCUT2D eigenvalue weighted by Crippen LogP contribution is 2.42. The SMILES string of the molecule is COc1cc(C2CCCCN2)c(OC)c(Br)c1C. The number of ether oxygens (including phenoxy) is 2. The molecule has 0 radical (unpaired) electrons. The summed E-state index contributed by atoms with van der Waals surface area (Å²) in [5, 5.41) is 3.55. The first-order valence-corrected chi connectivity index (χ1v) is 7.12. The zero-order valence-electron chi connectivity index (χ0n) is 11.2. The van der Waals surface area contributed by atoms with Crippen molar-refractivity contribution in [1.82, 2.24) is 5.32 Å². The van der Waals surface area contributed by atoms with Crippen LogP contribution in [0.2, 0.25) is 0 Å². The van der Waals surface area contributed by atoms with Crippen molar-refractivity contribution < 1.29 is 9.47 Å². The van der Waals surface area contributed by atoms with Crippen LogP contribution < -0.4 is 14.8 Å². The summed E-state index contributed by atoms with van der Waals surface area (Å²) in [7, 11) is 3.43. The molecule has 18 heavy (non-hydrogen) atoms. The molecular weight excluding hydrogens is 294 g/mol. The van der Waals surface area contributed by atoms with Crippen LogP contribution in [0.4, 0.5) is 0 Å². The highest BCUT2D eigenvalue weighted by Gasteiger charge is 2.23. The summed E-state index contributed by atoms with van der Waals surface area (Å²) in [6, 6.07) is 2.46. The number of halogens is 1. The zero-order valence-corrected chi connectivity index (χ0v) is 12.8. The van der Waals surface area contributed by atoms with E-state index in [-0.39, 0.29) is 0 Å². The van der Waals surface area contributed by atoms with E-state index in [1.807, 2.05) is 6.92 Å². The summed E-state index contributed by atoms with van der Waals surface area (Å²) in [6.45, 7) is 3.10. The monoisotopic (exact) mass is 313 g/mol. The van der Waals surface area contributed by atoms with Crippen LogP contribution >= 0.6 is 15.9 Å². The topological polar surface area (TPSA) is 30.5 Å². The van der Waals surface area contributed by atoms with Crippen LogP contribution in [0.5, 0.6) is 11.5 Å². The van der Waals surface area contributed by atoms with Gasteiger partial charge in [0.25, 0.3) is 0 Å². The van der Waals surface area contributed by atoms with Crippen LogP contribution in [0.15, 0.2) is 10.5 Å². The Bertz CT molecular complexity index is 428. The third kappa shape index (κ3) is 2.50. The van der Waals surface area contributed by atoms with Crippen molar-refractivity contribution in [3.05, 3.63) is 21.7 Å². The van der Waals surface area contributed by atoms with Gasteiger partial charge in [0.2, 0.25) is 0 Å². The fraction of sp³-hybridized carbons (Fsp3) is 0.571. The molecular formula is C14H20BrNO2. The van der Waals surface area contributed by atoms with Gasteiger partial charge in [-0.25, -0.2) is 0 Å². The van der Waals surface area contributed by atoms with Crippen molar-refractivity contribution in [3.63, 3.8) is 0 Å². The number of methoxy groups -OCH3 is 2. The molecule has 0 spiro atoms. The van der Waals surface area contributed by atoms with Gasteiger partial charge in [0.15, 0.2) is 0 Å². The largest absolute Gasteiger partial charge is 0.496 e. The molecule has 2 rings (SSSR count). The minimum Gasteiger partial charge on any atom is -0.496 e. The molecule has 1 aromatic rings. The molecule has 1 N–H and O–H groups in total.